The van der Waals surface area contributed by atoms with Gasteiger partial charge in [-0.3, -0.25) is 4.79 Å². The molecular weight excluding hydrogens is 222 g/mol. The maximum absolute atomic E-state index is 10.4. The Morgan fingerprint density at radius 1 is 1.38 bits per heavy atom. The fourth-order valence-electron chi connectivity index (χ4n) is 2.33. The van der Waals surface area contributed by atoms with Crippen LogP contribution in [0.2, 0.25) is 0 Å². The largest absolute Gasteiger partial charge is 0.481 e. The third kappa shape index (κ3) is 4.74. The molecule has 0 bridgehead atoms. The summed E-state index contributed by atoms with van der Waals surface area (Å²) in [5.74, 6) is -0.695. The van der Waals surface area contributed by atoms with Crippen LogP contribution in [-0.4, -0.2) is 35.2 Å². The second kappa shape index (κ2) is 7.17. The van der Waals surface area contributed by atoms with E-state index in [9.17, 15) is 4.79 Å². The van der Waals surface area contributed by atoms with Crippen LogP contribution in [0.25, 0.3) is 0 Å². The van der Waals surface area contributed by atoms with Crippen LogP contribution in [-0.2, 0) is 4.79 Å². The zero-order valence-corrected chi connectivity index (χ0v) is 10.9. The van der Waals surface area contributed by atoms with Gasteiger partial charge in [0, 0.05) is 17.7 Å². The zero-order valence-electron chi connectivity index (χ0n) is 10.1. The fourth-order valence-corrected chi connectivity index (χ4v) is 3.27. The molecule has 1 aliphatic carbocycles. The van der Waals surface area contributed by atoms with Crippen molar-refractivity contribution in [3.63, 3.8) is 0 Å². The molecule has 0 aromatic rings. The van der Waals surface area contributed by atoms with Gasteiger partial charge >= 0.3 is 5.97 Å². The first-order valence-electron chi connectivity index (χ1n) is 6.16. The molecular formula is C12H23NO2S. The summed E-state index contributed by atoms with van der Waals surface area (Å²) in [6.45, 7) is 1.86. The van der Waals surface area contributed by atoms with Gasteiger partial charge in [-0.1, -0.05) is 19.3 Å². The van der Waals surface area contributed by atoms with E-state index in [1.807, 2.05) is 11.8 Å². The second-order valence-electron chi connectivity index (χ2n) is 4.62. The van der Waals surface area contributed by atoms with Crippen molar-refractivity contribution in [3.05, 3.63) is 0 Å². The summed E-state index contributed by atoms with van der Waals surface area (Å²) in [5, 5.41) is 11.9. The van der Waals surface area contributed by atoms with Gasteiger partial charge in [-0.25, -0.2) is 0 Å². The predicted octanol–water partition coefficient (Wildman–Crippen LogP) is 2.51. The minimum atomic E-state index is -0.695. The Balaban J connectivity index is 2.15. The summed E-state index contributed by atoms with van der Waals surface area (Å²) in [6, 6.07) is 0. The molecule has 4 heteroatoms. The topological polar surface area (TPSA) is 49.3 Å². The molecule has 0 atom stereocenters. The smallest absolute Gasteiger partial charge is 0.303 e. The first-order chi connectivity index (χ1) is 7.68. The van der Waals surface area contributed by atoms with Gasteiger partial charge in [0.05, 0.1) is 0 Å². The van der Waals surface area contributed by atoms with Crippen LogP contribution < -0.4 is 5.32 Å². The summed E-state index contributed by atoms with van der Waals surface area (Å²) in [7, 11) is 0. The molecule has 94 valence electrons. The summed E-state index contributed by atoms with van der Waals surface area (Å²) in [5.41, 5.74) is 0. The molecule has 0 aromatic heterocycles. The van der Waals surface area contributed by atoms with Crippen molar-refractivity contribution in [3.8, 4) is 0 Å². The molecule has 0 aliphatic heterocycles. The Labute approximate surface area is 102 Å². The molecule has 1 rings (SSSR count). The highest BCUT2D eigenvalue weighted by molar-refractivity contribution is 8.00. The van der Waals surface area contributed by atoms with Gasteiger partial charge in [-0.2, -0.15) is 11.8 Å². The normalized spacial score (nSPS) is 19.6. The summed E-state index contributed by atoms with van der Waals surface area (Å²) in [6.07, 6.45) is 9.89. The van der Waals surface area contributed by atoms with Crippen LogP contribution in [0.4, 0.5) is 0 Å². The van der Waals surface area contributed by atoms with Crippen molar-refractivity contribution < 1.29 is 9.90 Å². The van der Waals surface area contributed by atoms with Crippen molar-refractivity contribution in [2.45, 2.75) is 49.7 Å². The molecule has 3 nitrogen and oxygen atoms in total. The minimum absolute atomic E-state index is 0.277. The molecule has 1 saturated carbocycles. The molecule has 0 amide bonds. The zero-order chi connectivity index (χ0) is 11.9. The highest BCUT2D eigenvalue weighted by Crippen LogP contribution is 2.37. The van der Waals surface area contributed by atoms with E-state index >= 15 is 0 Å². The Morgan fingerprint density at radius 2 is 2.06 bits per heavy atom. The van der Waals surface area contributed by atoms with Crippen molar-refractivity contribution >= 4 is 17.7 Å². The molecule has 0 saturated heterocycles. The van der Waals surface area contributed by atoms with Gasteiger partial charge in [-0.05, 0) is 32.1 Å². The molecule has 16 heavy (non-hydrogen) atoms. The van der Waals surface area contributed by atoms with Crippen LogP contribution in [0.5, 0.6) is 0 Å². The highest BCUT2D eigenvalue weighted by atomic mass is 32.2. The number of carbonyl (C=O) groups is 1. The van der Waals surface area contributed by atoms with E-state index in [-0.39, 0.29) is 6.42 Å². The summed E-state index contributed by atoms with van der Waals surface area (Å²) in [4.78, 5) is 10.4. The van der Waals surface area contributed by atoms with Crippen LogP contribution in [0.3, 0.4) is 0 Å². The Bertz CT molecular complexity index is 215. The van der Waals surface area contributed by atoms with Crippen molar-refractivity contribution in [2.24, 2.45) is 0 Å². The van der Waals surface area contributed by atoms with Crippen LogP contribution >= 0.6 is 11.8 Å². The third-order valence-corrected chi connectivity index (χ3v) is 4.81. The van der Waals surface area contributed by atoms with Crippen molar-refractivity contribution in [1.82, 2.24) is 5.32 Å². The van der Waals surface area contributed by atoms with Gasteiger partial charge in [-0.15, -0.1) is 0 Å². The number of aliphatic carboxylic acids is 1. The number of rotatable bonds is 7. The van der Waals surface area contributed by atoms with Crippen molar-refractivity contribution in [2.75, 3.05) is 19.3 Å². The monoisotopic (exact) mass is 245 g/mol. The van der Waals surface area contributed by atoms with Gasteiger partial charge in [0.25, 0.3) is 0 Å². The lowest BCUT2D eigenvalue weighted by atomic mass is 9.88. The molecule has 0 unspecified atom stereocenters. The maximum atomic E-state index is 10.4. The lowest BCUT2D eigenvalue weighted by Gasteiger charge is -2.36. The molecule has 0 aromatic carbocycles. The number of thioether (sulfide) groups is 1. The summed E-state index contributed by atoms with van der Waals surface area (Å²) >= 11 is 1.98. The Morgan fingerprint density at radius 3 is 2.62 bits per heavy atom. The van der Waals surface area contributed by atoms with Gasteiger partial charge < -0.3 is 10.4 Å². The first kappa shape index (κ1) is 13.8. The number of hydrogen-bond donors (Lipinski definition) is 2. The van der Waals surface area contributed by atoms with E-state index in [2.05, 4.69) is 11.6 Å². The van der Waals surface area contributed by atoms with E-state index in [1.165, 1.54) is 32.1 Å². The predicted molar refractivity (Wildman–Crippen MR) is 69.1 cm³/mol. The van der Waals surface area contributed by atoms with Crippen LogP contribution in [0.15, 0.2) is 0 Å². The maximum Gasteiger partial charge on any atom is 0.303 e. The minimum Gasteiger partial charge on any atom is -0.481 e. The van der Waals surface area contributed by atoms with E-state index in [0.29, 0.717) is 4.75 Å². The lowest BCUT2D eigenvalue weighted by Crippen LogP contribution is -2.39. The van der Waals surface area contributed by atoms with Gasteiger partial charge in [0.2, 0.25) is 0 Å². The highest BCUT2D eigenvalue weighted by Gasteiger charge is 2.30. The number of hydrogen-bond acceptors (Lipinski definition) is 3. The molecule has 0 radical (unpaired) electrons. The summed E-state index contributed by atoms with van der Waals surface area (Å²) < 4.78 is 0.418. The molecule has 0 heterocycles. The second-order valence-corrected chi connectivity index (χ2v) is 5.90. The molecule has 1 aliphatic rings. The van der Waals surface area contributed by atoms with E-state index in [0.717, 1.165) is 19.5 Å². The quantitative estimate of drug-likeness (QED) is 0.677. The standard InChI is InChI=1S/C12H23NO2S/c1-16-12(7-3-2-4-8-12)10-13-9-5-6-11(14)15/h13H,2-10H2,1H3,(H,14,15). The average molecular weight is 245 g/mol. The van der Waals surface area contributed by atoms with Crippen LogP contribution in [0, 0.1) is 0 Å². The van der Waals surface area contributed by atoms with E-state index < -0.39 is 5.97 Å². The fraction of sp³-hybridized carbons (Fsp3) is 0.917. The van der Waals surface area contributed by atoms with E-state index in [4.69, 9.17) is 5.11 Å². The van der Waals surface area contributed by atoms with Gasteiger partial charge in [0.1, 0.15) is 0 Å². The van der Waals surface area contributed by atoms with E-state index in [1.54, 1.807) is 0 Å². The number of carboxylic acid groups (broad SMARTS) is 1. The van der Waals surface area contributed by atoms with Crippen molar-refractivity contribution in [1.29, 1.82) is 0 Å². The number of nitrogens with one attached hydrogen (secondary N) is 1. The average Bonchev–Trinajstić information content (AvgIpc) is 2.29. The SMILES string of the molecule is CSC1(CNCCCC(=O)O)CCCCC1. The molecule has 0 spiro atoms. The van der Waals surface area contributed by atoms with Crippen LogP contribution in [0.1, 0.15) is 44.9 Å². The molecule has 2 N–H and O–H groups in total. The lowest BCUT2D eigenvalue weighted by molar-refractivity contribution is -0.137. The first-order valence-corrected chi connectivity index (χ1v) is 7.39. The third-order valence-electron chi connectivity index (χ3n) is 3.39. The Hall–Kier alpha value is -0.220. The van der Waals surface area contributed by atoms with Gasteiger partial charge in [0.15, 0.2) is 0 Å². The molecule has 1 fully saturated rings. The number of carboxylic acids is 1. The Kier molecular flexibility index (Phi) is 6.21.